The predicted molar refractivity (Wildman–Crippen MR) is 94.2 cm³/mol. The van der Waals surface area contributed by atoms with Crippen LogP contribution in [-0.4, -0.2) is 4.57 Å². The molecule has 0 bridgehead atoms. The molecule has 21 heavy (non-hydrogen) atoms. The van der Waals surface area contributed by atoms with Crippen molar-refractivity contribution in [1.29, 1.82) is 0 Å². The van der Waals surface area contributed by atoms with Crippen LogP contribution in [0.1, 0.15) is 14.9 Å². The van der Waals surface area contributed by atoms with E-state index >= 15 is 0 Å². The van der Waals surface area contributed by atoms with Crippen molar-refractivity contribution in [2.75, 3.05) is 0 Å². The highest BCUT2D eigenvalue weighted by atomic mass is 15.0. The van der Waals surface area contributed by atoms with Crippen molar-refractivity contribution in [1.82, 2.24) is 4.57 Å². The molecule has 0 N–H and O–H groups in total. The second-order valence-electron chi connectivity index (χ2n) is 4.71. The van der Waals surface area contributed by atoms with Crippen LogP contribution in [0.15, 0.2) is 78.9 Å². The number of benzene rings is 3. The maximum atomic E-state index is 2.32. The second-order valence-corrected chi connectivity index (χ2v) is 4.71. The minimum Gasteiger partial charge on any atom is -0.309 e. The van der Waals surface area contributed by atoms with Crippen LogP contribution in [-0.2, 0) is 0 Å². The summed E-state index contributed by atoms with van der Waals surface area (Å²) in [6.07, 6.45) is 0. The molecule has 3 aromatic carbocycles. The molecule has 106 valence electrons. The second kappa shape index (κ2) is 5.84. The number of hydrogen-bond donors (Lipinski definition) is 0. The summed E-state index contributed by atoms with van der Waals surface area (Å²) in [6, 6.07) is 27.7. The largest absolute Gasteiger partial charge is 0.309 e. The van der Waals surface area contributed by atoms with Crippen molar-refractivity contribution in [3.8, 4) is 5.69 Å². The van der Waals surface area contributed by atoms with Crippen LogP contribution in [0.5, 0.6) is 0 Å². The summed E-state index contributed by atoms with van der Waals surface area (Å²) < 4.78 is 2.32. The molecule has 4 rings (SSSR count). The Bertz CT molecular complexity index is 803. The van der Waals surface area contributed by atoms with Gasteiger partial charge in [0.05, 0.1) is 11.0 Å². The van der Waals surface area contributed by atoms with Crippen molar-refractivity contribution in [2.45, 2.75) is 14.9 Å². The molecule has 0 saturated carbocycles. The fourth-order valence-electron chi connectivity index (χ4n) is 2.78. The van der Waals surface area contributed by atoms with E-state index in [2.05, 4.69) is 83.4 Å². The Kier molecular flexibility index (Phi) is 4.13. The van der Waals surface area contributed by atoms with Gasteiger partial charge in [-0.1, -0.05) is 69.5 Å². The predicted octanol–water partition coefficient (Wildman–Crippen LogP) is 6.06. The highest BCUT2D eigenvalue weighted by molar-refractivity contribution is 6.09. The molecule has 0 aliphatic rings. The summed E-state index contributed by atoms with van der Waals surface area (Å²) in [5.74, 6) is 0. The van der Waals surface area contributed by atoms with Gasteiger partial charge in [0, 0.05) is 16.5 Å². The molecule has 4 aromatic rings. The van der Waals surface area contributed by atoms with Crippen LogP contribution in [0.3, 0.4) is 0 Å². The lowest BCUT2D eigenvalue weighted by molar-refractivity contribution is 1.18. The Hall–Kier alpha value is -2.54. The van der Waals surface area contributed by atoms with Gasteiger partial charge in [0.1, 0.15) is 0 Å². The molecule has 1 heteroatoms. The van der Waals surface area contributed by atoms with Crippen LogP contribution in [0.4, 0.5) is 0 Å². The van der Waals surface area contributed by atoms with E-state index in [-0.39, 0.29) is 14.9 Å². The van der Waals surface area contributed by atoms with E-state index in [1.807, 2.05) is 0 Å². The molecule has 0 spiro atoms. The van der Waals surface area contributed by atoms with Gasteiger partial charge in [-0.15, -0.1) is 0 Å². The summed E-state index contributed by atoms with van der Waals surface area (Å²) in [5, 5.41) is 2.61. The zero-order valence-corrected chi connectivity index (χ0v) is 10.5. The lowest BCUT2D eigenvalue weighted by atomic mass is 10.2. The summed E-state index contributed by atoms with van der Waals surface area (Å²) in [6.45, 7) is 0. The minimum absolute atomic E-state index is 0. The molecular weight excluding hydrogens is 254 g/mol. The Morgan fingerprint density at radius 2 is 0.905 bits per heavy atom. The number of fused-ring (bicyclic) bond motifs is 3. The van der Waals surface area contributed by atoms with E-state index in [1.54, 1.807) is 0 Å². The van der Waals surface area contributed by atoms with Crippen LogP contribution in [0.2, 0.25) is 0 Å². The first-order valence-electron chi connectivity index (χ1n) is 6.49. The summed E-state index contributed by atoms with van der Waals surface area (Å²) in [7, 11) is 0. The van der Waals surface area contributed by atoms with E-state index in [4.69, 9.17) is 0 Å². The molecule has 0 atom stereocenters. The number of nitrogens with zero attached hydrogens (tertiary/aromatic N) is 1. The summed E-state index contributed by atoms with van der Waals surface area (Å²) >= 11 is 0. The fraction of sp³-hybridized carbons (Fsp3) is 0.100. The number of para-hydroxylation sites is 3. The van der Waals surface area contributed by atoms with Crippen molar-refractivity contribution in [3.05, 3.63) is 78.9 Å². The lowest BCUT2D eigenvalue weighted by Crippen LogP contribution is -1.92. The average molecular weight is 275 g/mol. The Morgan fingerprint density at radius 1 is 0.476 bits per heavy atom. The number of hydrogen-bond acceptors (Lipinski definition) is 0. The average Bonchev–Trinajstić information content (AvgIpc) is 2.83. The van der Waals surface area contributed by atoms with Crippen molar-refractivity contribution in [2.24, 2.45) is 0 Å². The number of rotatable bonds is 1. The molecule has 0 radical (unpaired) electrons. The summed E-state index contributed by atoms with van der Waals surface area (Å²) in [4.78, 5) is 0. The van der Waals surface area contributed by atoms with Crippen molar-refractivity contribution >= 4 is 21.8 Å². The third kappa shape index (κ3) is 2.21. The number of aromatic nitrogens is 1. The van der Waals surface area contributed by atoms with Gasteiger partial charge >= 0.3 is 0 Å². The molecule has 0 aliphatic carbocycles. The van der Waals surface area contributed by atoms with E-state index in [0.717, 1.165) is 0 Å². The van der Waals surface area contributed by atoms with Gasteiger partial charge in [-0.3, -0.25) is 0 Å². The van der Waals surface area contributed by atoms with E-state index in [0.29, 0.717) is 0 Å². The Morgan fingerprint density at radius 3 is 1.43 bits per heavy atom. The van der Waals surface area contributed by atoms with E-state index in [9.17, 15) is 0 Å². The Labute approximate surface area is 126 Å². The van der Waals surface area contributed by atoms with E-state index < -0.39 is 0 Å². The standard InChI is InChI=1S/C18H13N.2CH4/c1-2-8-14(9-3-1)19-17-12-6-4-10-15(17)16-11-5-7-13-18(16)19;;/h1-13H;2*1H4. The third-order valence-corrected chi connectivity index (χ3v) is 3.59. The quantitative estimate of drug-likeness (QED) is 0.398. The van der Waals surface area contributed by atoms with Gasteiger partial charge in [0.25, 0.3) is 0 Å². The molecule has 1 aromatic heterocycles. The zero-order valence-electron chi connectivity index (χ0n) is 10.5. The van der Waals surface area contributed by atoms with Crippen molar-refractivity contribution < 1.29 is 0 Å². The van der Waals surface area contributed by atoms with Crippen LogP contribution < -0.4 is 0 Å². The van der Waals surface area contributed by atoms with E-state index in [1.165, 1.54) is 27.5 Å². The SMILES string of the molecule is C.C.c1ccc(-n2c3ccccc3c3ccccc32)cc1. The lowest BCUT2D eigenvalue weighted by Gasteiger charge is -2.06. The van der Waals surface area contributed by atoms with Gasteiger partial charge in [-0.05, 0) is 24.3 Å². The molecule has 0 fully saturated rings. The first kappa shape index (κ1) is 14.9. The maximum Gasteiger partial charge on any atom is 0.0541 e. The molecule has 0 unspecified atom stereocenters. The van der Waals surface area contributed by atoms with Gasteiger partial charge in [-0.25, -0.2) is 0 Å². The van der Waals surface area contributed by atoms with Gasteiger partial charge in [-0.2, -0.15) is 0 Å². The van der Waals surface area contributed by atoms with Crippen molar-refractivity contribution in [3.63, 3.8) is 0 Å². The zero-order chi connectivity index (χ0) is 12.7. The van der Waals surface area contributed by atoms with Crippen LogP contribution in [0.25, 0.3) is 27.5 Å². The first-order valence-corrected chi connectivity index (χ1v) is 6.49. The normalized spacial score (nSPS) is 10.1. The molecule has 1 heterocycles. The monoisotopic (exact) mass is 275 g/mol. The highest BCUT2D eigenvalue weighted by Gasteiger charge is 2.10. The first-order chi connectivity index (χ1) is 9.45. The fourth-order valence-corrected chi connectivity index (χ4v) is 2.78. The van der Waals surface area contributed by atoms with Crippen LogP contribution in [0, 0.1) is 0 Å². The minimum atomic E-state index is 0. The maximum absolute atomic E-state index is 2.32. The Balaban J connectivity index is 0.000000807. The molecular formula is C20H21N. The van der Waals surface area contributed by atoms with Gasteiger partial charge < -0.3 is 4.57 Å². The summed E-state index contributed by atoms with van der Waals surface area (Å²) in [5.41, 5.74) is 3.73. The topological polar surface area (TPSA) is 4.93 Å². The van der Waals surface area contributed by atoms with Crippen LogP contribution >= 0.6 is 0 Å². The van der Waals surface area contributed by atoms with Gasteiger partial charge in [0.15, 0.2) is 0 Å². The highest BCUT2D eigenvalue weighted by Crippen LogP contribution is 2.31. The van der Waals surface area contributed by atoms with Gasteiger partial charge in [0.2, 0.25) is 0 Å². The molecule has 1 nitrogen and oxygen atoms in total. The smallest absolute Gasteiger partial charge is 0.0541 e. The molecule has 0 amide bonds. The molecule has 0 saturated heterocycles. The molecule has 0 aliphatic heterocycles. The third-order valence-electron chi connectivity index (χ3n) is 3.59.